The molecule has 2 nitrogen and oxygen atoms in total. The topological polar surface area (TPSA) is 38.0 Å². The normalized spacial score (nSPS) is 10.4. The van der Waals surface area contributed by atoms with Crippen LogP contribution in [0.1, 0.15) is 0 Å². The lowest BCUT2D eigenvalue weighted by Gasteiger charge is -2.12. The molecule has 0 saturated carbocycles. The first-order valence-corrected chi connectivity index (χ1v) is 6.90. The minimum absolute atomic E-state index is 0.312. The lowest BCUT2D eigenvalue weighted by Crippen LogP contribution is -1.98. The Bertz CT molecular complexity index is 605. The van der Waals surface area contributed by atoms with Crippen LogP contribution >= 0.6 is 43.5 Å². The molecule has 0 aliphatic heterocycles. The van der Waals surface area contributed by atoms with E-state index in [2.05, 4.69) is 37.2 Å². The van der Waals surface area contributed by atoms with Crippen LogP contribution in [0.3, 0.4) is 0 Å². The molecule has 0 atom stereocenters. The van der Waals surface area contributed by atoms with E-state index in [-0.39, 0.29) is 0 Å². The van der Waals surface area contributed by atoms with Gasteiger partial charge in [0.15, 0.2) is 0 Å². The Kier molecular flexibility index (Phi) is 4.14. The smallest absolute Gasteiger partial charge is 0.139 e. The summed E-state index contributed by atoms with van der Waals surface area (Å²) < 4.78 is 14.5. The van der Waals surface area contributed by atoms with Crippen LogP contribution in [0.4, 0.5) is 21.5 Å². The van der Waals surface area contributed by atoms with Crippen molar-refractivity contribution in [2.45, 2.75) is 0 Å². The second-order valence-corrected chi connectivity index (χ2v) is 5.78. The first-order chi connectivity index (χ1) is 8.47. The van der Waals surface area contributed by atoms with Gasteiger partial charge < -0.3 is 11.1 Å². The van der Waals surface area contributed by atoms with Crippen molar-refractivity contribution in [3.63, 3.8) is 0 Å². The Morgan fingerprint density at radius 1 is 1.11 bits per heavy atom. The summed E-state index contributed by atoms with van der Waals surface area (Å²) in [7, 11) is 0. The summed E-state index contributed by atoms with van der Waals surface area (Å²) in [6.07, 6.45) is 0. The average molecular weight is 394 g/mol. The van der Waals surface area contributed by atoms with E-state index in [9.17, 15) is 4.39 Å². The van der Waals surface area contributed by atoms with Gasteiger partial charge in [-0.25, -0.2) is 4.39 Å². The molecule has 0 radical (unpaired) electrons. The minimum Gasteiger partial charge on any atom is -0.397 e. The molecule has 0 unspecified atom stereocenters. The molecule has 0 spiro atoms. The van der Waals surface area contributed by atoms with Crippen molar-refractivity contribution < 1.29 is 4.39 Å². The van der Waals surface area contributed by atoms with Crippen LogP contribution in [-0.4, -0.2) is 0 Å². The first-order valence-electron chi connectivity index (χ1n) is 4.94. The second kappa shape index (κ2) is 5.47. The van der Waals surface area contributed by atoms with Crippen LogP contribution in [0.15, 0.2) is 39.3 Å². The van der Waals surface area contributed by atoms with Crippen LogP contribution in [0.2, 0.25) is 5.02 Å². The van der Waals surface area contributed by atoms with Crippen molar-refractivity contribution in [1.29, 1.82) is 0 Å². The van der Waals surface area contributed by atoms with E-state index in [1.54, 1.807) is 12.1 Å². The van der Waals surface area contributed by atoms with Gasteiger partial charge in [0.2, 0.25) is 0 Å². The lowest BCUT2D eigenvalue weighted by atomic mass is 10.2. The van der Waals surface area contributed by atoms with Crippen LogP contribution in [0.25, 0.3) is 0 Å². The fourth-order valence-corrected chi connectivity index (χ4v) is 2.28. The van der Waals surface area contributed by atoms with E-state index >= 15 is 0 Å². The third kappa shape index (κ3) is 2.96. The Hall–Kier alpha value is -0.780. The van der Waals surface area contributed by atoms with E-state index in [1.807, 2.05) is 12.1 Å². The number of halogens is 4. The summed E-state index contributed by atoms with van der Waals surface area (Å²) in [5.74, 6) is -0.404. The van der Waals surface area contributed by atoms with Crippen LogP contribution in [-0.2, 0) is 0 Å². The van der Waals surface area contributed by atoms with E-state index in [0.29, 0.717) is 26.6 Å². The standard InChI is InChI=1S/C12H8Br2ClFN2/c13-6-1-2-8(15)11(3-6)18-12-4-7(14)9(16)5-10(12)17/h1-5,18H,17H2. The van der Waals surface area contributed by atoms with E-state index < -0.39 is 5.82 Å². The zero-order valence-electron chi connectivity index (χ0n) is 8.98. The monoisotopic (exact) mass is 392 g/mol. The highest BCUT2D eigenvalue weighted by Crippen LogP contribution is 2.33. The SMILES string of the molecule is Nc1cc(F)c(Br)cc1Nc1cc(Br)ccc1Cl. The van der Waals surface area contributed by atoms with Crippen LogP contribution in [0.5, 0.6) is 0 Å². The molecular formula is C12H8Br2ClFN2. The zero-order valence-corrected chi connectivity index (χ0v) is 12.9. The molecule has 0 aliphatic carbocycles. The molecule has 0 aliphatic rings. The van der Waals surface area contributed by atoms with Crippen molar-refractivity contribution >= 4 is 60.5 Å². The molecule has 94 valence electrons. The Morgan fingerprint density at radius 3 is 2.56 bits per heavy atom. The Balaban J connectivity index is 2.40. The average Bonchev–Trinajstić information content (AvgIpc) is 2.30. The third-order valence-electron chi connectivity index (χ3n) is 2.29. The zero-order chi connectivity index (χ0) is 13.3. The van der Waals surface area contributed by atoms with E-state index in [0.717, 1.165) is 4.47 Å². The third-order valence-corrected chi connectivity index (χ3v) is 3.72. The minimum atomic E-state index is -0.404. The number of benzene rings is 2. The van der Waals surface area contributed by atoms with Gasteiger partial charge in [0.1, 0.15) is 5.82 Å². The summed E-state index contributed by atoms with van der Waals surface area (Å²) in [5, 5.41) is 3.62. The highest BCUT2D eigenvalue weighted by atomic mass is 79.9. The van der Waals surface area contributed by atoms with Crippen molar-refractivity contribution in [1.82, 2.24) is 0 Å². The maximum Gasteiger partial charge on any atom is 0.139 e. The van der Waals surface area contributed by atoms with Gasteiger partial charge in [-0.15, -0.1) is 0 Å². The molecule has 2 aromatic rings. The van der Waals surface area contributed by atoms with Gasteiger partial charge in [0, 0.05) is 10.5 Å². The van der Waals surface area contributed by atoms with Gasteiger partial charge in [-0.3, -0.25) is 0 Å². The Labute approximate surface area is 126 Å². The fraction of sp³-hybridized carbons (Fsp3) is 0. The van der Waals surface area contributed by atoms with Crippen molar-refractivity contribution in [3.05, 3.63) is 50.1 Å². The highest BCUT2D eigenvalue weighted by molar-refractivity contribution is 9.10. The summed E-state index contributed by atoms with van der Waals surface area (Å²) >= 11 is 12.5. The molecule has 0 bridgehead atoms. The van der Waals surface area contributed by atoms with Crippen LogP contribution in [0, 0.1) is 5.82 Å². The van der Waals surface area contributed by atoms with Crippen molar-refractivity contribution in [2.75, 3.05) is 11.1 Å². The molecule has 0 saturated heterocycles. The van der Waals surface area contributed by atoms with Gasteiger partial charge in [-0.2, -0.15) is 0 Å². The number of nitrogens with two attached hydrogens (primary N) is 1. The van der Waals surface area contributed by atoms with Gasteiger partial charge >= 0.3 is 0 Å². The molecule has 2 aromatic carbocycles. The maximum atomic E-state index is 13.3. The summed E-state index contributed by atoms with van der Waals surface area (Å²) in [5.41, 5.74) is 7.34. The van der Waals surface area contributed by atoms with Gasteiger partial charge in [0.25, 0.3) is 0 Å². The fourth-order valence-electron chi connectivity index (χ4n) is 1.41. The Morgan fingerprint density at radius 2 is 1.83 bits per heavy atom. The number of hydrogen-bond acceptors (Lipinski definition) is 2. The number of rotatable bonds is 2. The molecule has 6 heteroatoms. The van der Waals surface area contributed by atoms with Crippen molar-refractivity contribution in [3.8, 4) is 0 Å². The van der Waals surface area contributed by atoms with E-state index in [1.165, 1.54) is 6.07 Å². The summed E-state index contributed by atoms with van der Waals surface area (Å²) in [6, 6.07) is 8.22. The molecule has 18 heavy (non-hydrogen) atoms. The molecule has 0 aromatic heterocycles. The molecule has 0 fully saturated rings. The largest absolute Gasteiger partial charge is 0.397 e. The number of nitrogens with one attached hydrogen (secondary N) is 1. The lowest BCUT2D eigenvalue weighted by molar-refractivity contribution is 0.622. The summed E-state index contributed by atoms with van der Waals surface area (Å²) in [6.45, 7) is 0. The summed E-state index contributed by atoms with van der Waals surface area (Å²) in [4.78, 5) is 0. The predicted molar refractivity (Wildman–Crippen MR) is 80.9 cm³/mol. The van der Waals surface area contributed by atoms with Gasteiger partial charge in [0.05, 0.1) is 26.6 Å². The van der Waals surface area contributed by atoms with Crippen molar-refractivity contribution in [2.24, 2.45) is 0 Å². The maximum absolute atomic E-state index is 13.3. The molecule has 3 N–H and O–H groups in total. The van der Waals surface area contributed by atoms with Crippen LogP contribution < -0.4 is 11.1 Å². The van der Waals surface area contributed by atoms with Gasteiger partial charge in [-0.1, -0.05) is 27.5 Å². The number of anilines is 3. The molecule has 0 amide bonds. The predicted octanol–water partition coefficient (Wildman–Crippen LogP) is 5.33. The molecule has 2 rings (SSSR count). The number of hydrogen-bond donors (Lipinski definition) is 2. The molecule has 0 heterocycles. The first kappa shape index (κ1) is 13.6. The van der Waals surface area contributed by atoms with Gasteiger partial charge in [-0.05, 0) is 40.2 Å². The second-order valence-electron chi connectivity index (χ2n) is 3.60. The number of nitrogen functional groups attached to an aromatic ring is 1. The quantitative estimate of drug-likeness (QED) is 0.676. The van der Waals surface area contributed by atoms with E-state index in [4.69, 9.17) is 17.3 Å². The highest BCUT2D eigenvalue weighted by Gasteiger charge is 2.08. The molecular weight excluding hydrogens is 386 g/mol.